The molecule has 0 amide bonds. The average molecular weight is 604 g/mol. The zero-order valence-electron chi connectivity index (χ0n) is 21.6. The first-order valence-corrected chi connectivity index (χ1v) is 14.8. The van der Waals surface area contributed by atoms with Crippen molar-refractivity contribution in [2.75, 3.05) is 0 Å². The molecule has 0 N–H and O–H groups in total. The van der Waals surface area contributed by atoms with Gasteiger partial charge in [-0.2, -0.15) is 0 Å². The van der Waals surface area contributed by atoms with E-state index in [9.17, 15) is 8.78 Å². The topological polar surface area (TPSA) is 54.2 Å². The molecule has 0 atom stereocenters. The predicted molar refractivity (Wildman–Crippen MR) is 143 cm³/mol. The first-order valence-electron chi connectivity index (χ1n) is 11.5. The third-order valence-electron chi connectivity index (χ3n) is 5.27. The predicted octanol–water partition coefficient (Wildman–Crippen LogP) is 6.37. The summed E-state index contributed by atoms with van der Waals surface area (Å²) in [6.07, 6.45) is 0. The van der Waals surface area contributed by atoms with Crippen LogP contribution in [0.15, 0.2) is 36.4 Å². The monoisotopic (exact) mass is 603 g/mol. The Labute approximate surface area is 220 Å². The van der Waals surface area contributed by atoms with E-state index >= 15 is 0 Å². The van der Waals surface area contributed by atoms with Crippen LogP contribution >= 0.6 is 15.8 Å². The maximum Gasteiger partial charge on any atom is 2.00 e. The van der Waals surface area contributed by atoms with E-state index in [0.717, 1.165) is 28.9 Å². The first-order chi connectivity index (χ1) is 15.3. The van der Waals surface area contributed by atoms with Gasteiger partial charge in [-0.25, -0.2) is 8.78 Å². The van der Waals surface area contributed by atoms with E-state index in [-0.39, 0.29) is 32.1 Å². The normalized spacial score (nSPS) is 11.2. The molecule has 0 unspecified atom stereocenters. The summed E-state index contributed by atoms with van der Waals surface area (Å²) in [6, 6.07) is 9.92. The fourth-order valence-corrected chi connectivity index (χ4v) is 11.0. The fourth-order valence-electron chi connectivity index (χ4n) is 4.38. The van der Waals surface area contributed by atoms with Crippen LogP contribution in [0.2, 0.25) is 0 Å². The zero-order valence-corrected chi connectivity index (χ0v) is 25.2. The summed E-state index contributed by atoms with van der Waals surface area (Å²) in [6.45, 7) is 18.7. The Kier molecular flexibility index (Phi) is 14.9. The molecule has 0 aliphatic rings. The second-order valence-corrected chi connectivity index (χ2v) is 17.0. The molecule has 0 aromatic heterocycles. The van der Waals surface area contributed by atoms with Gasteiger partial charge in [-0.05, 0) is 74.4 Å². The molecule has 0 saturated carbocycles. The Hall–Kier alpha value is -0.908. The Morgan fingerprint density at radius 3 is 1.24 bits per heavy atom. The van der Waals surface area contributed by atoms with Crippen LogP contribution in [0.3, 0.4) is 0 Å². The van der Waals surface area contributed by atoms with Crippen molar-refractivity contribution in [3.8, 4) is 0 Å². The van der Waals surface area contributed by atoms with Crippen LogP contribution < -0.4 is 15.7 Å². The summed E-state index contributed by atoms with van der Waals surface area (Å²) in [5, 5.41) is 16.0. The van der Waals surface area contributed by atoms with Crippen molar-refractivity contribution in [3.05, 3.63) is 53.3 Å². The van der Waals surface area contributed by atoms with E-state index in [4.69, 9.17) is 15.2 Å². The average Bonchev–Trinajstić information content (AvgIpc) is 2.64. The van der Waals surface area contributed by atoms with Gasteiger partial charge < -0.3 is 15.2 Å². The van der Waals surface area contributed by atoms with Gasteiger partial charge in [0.2, 0.25) is 0 Å². The number of aliphatic carboxylic acids is 1. The van der Waals surface area contributed by atoms with Crippen LogP contribution in [-0.4, -0.2) is 28.6 Å². The van der Waals surface area contributed by atoms with Crippen LogP contribution in [0.1, 0.15) is 62.3 Å². The Bertz CT molecular complexity index is 836. The fraction of sp³-hybridized carbons (Fsp3) is 0.500. The van der Waals surface area contributed by atoms with E-state index < -0.39 is 21.8 Å². The molecule has 0 heterocycles. The van der Waals surface area contributed by atoms with Crippen LogP contribution in [0.4, 0.5) is 20.2 Å². The van der Waals surface area contributed by atoms with Gasteiger partial charge in [-0.15, -0.1) is 0 Å². The summed E-state index contributed by atoms with van der Waals surface area (Å²) < 4.78 is 28.4. The number of benzene rings is 2. The summed E-state index contributed by atoms with van der Waals surface area (Å²) in [5.41, 5.74) is 3.54. The third kappa shape index (κ3) is 9.99. The van der Waals surface area contributed by atoms with Crippen molar-refractivity contribution in [1.29, 1.82) is 0 Å². The standard InChI is InChI=1S/C24H34F2NP2.C2H4O2.Pd/c1-15(2)28(16(3)4)23-13-19(25)9-11-21(23)27-22-12-10-20(26)14-24(22)29(17(5)6)18(7)8;1-2(3)4;/h9-18H,1-8H3;1H3,(H,3,4);/q-1;;+2/p+1. The Morgan fingerprint density at radius 2 is 1.00 bits per heavy atom. The summed E-state index contributed by atoms with van der Waals surface area (Å²) in [5.74, 6) is -1.51. The molecule has 3 nitrogen and oxygen atoms in total. The molecule has 0 fully saturated rings. The zero-order chi connectivity index (χ0) is 25.5. The summed E-state index contributed by atoms with van der Waals surface area (Å²) >= 11 is 0. The number of hydrogen-bond acceptors (Lipinski definition) is 2. The Balaban J connectivity index is 0.00000201. The molecule has 0 bridgehead atoms. The van der Waals surface area contributed by atoms with Gasteiger partial charge in [0.25, 0.3) is 0 Å². The molecule has 0 aliphatic carbocycles. The van der Waals surface area contributed by atoms with Gasteiger partial charge in [0.1, 0.15) is 11.6 Å². The van der Waals surface area contributed by atoms with E-state index in [1.807, 2.05) is 0 Å². The van der Waals surface area contributed by atoms with Gasteiger partial charge in [-0.3, -0.25) is 0 Å². The number of carboxylic acids is 1. The number of nitrogens with zero attached hydrogens (tertiary/aromatic N) is 1. The minimum absolute atomic E-state index is 0. The van der Waals surface area contributed by atoms with E-state index in [0.29, 0.717) is 22.6 Å². The van der Waals surface area contributed by atoms with Crippen molar-refractivity contribution in [2.45, 2.75) is 84.9 Å². The third-order valence-corrected chi connectivity index (χ3v) is 12.3. The van der Waals surface area contributed by atoms with Crippen molar-refractivity contribution in [3.63, 3.8) is 0 Å². The number of carbonyl (C=O) groups is 1. The number of halogens is 2. The minimum Gasteiger partial charge on any atom is -0.651 e. The molecule has 0 aliphatic heterocycles. The van der Waals surface area contributed by atoms with E-state index in [1.165, 1.54) is 12.1 Å². The minimum atomic E-state index is -1.08. The number of hydrogen-bond donors (Lipinski definition) is 0. The molecular weight excluding hydrogens is 565 g/mol. The van der Waals surface area contributed by atoms with Gasteiger partial charge in [-0.1, -0.05) is 23.5 Å². The maximum atomic E-state index is 14.2. The van der Waals surface area contributed by atoms with Crippen LogP contribution in [0, 0.1) is 11.6 Å². The number of rotatable bonds is 8. The molecule has 2 aromatic carbocycles. The summed E-state index contributed by atoms with van der Waals surface area (Å²) in [7, 11) is -2.00. The SMILES string of the molecule is CC(=O)[O-].CC(C)[PH+](c1cc(F)ccc1[N-]c1ccc(F)cc1[PH+](C(C)C)C(C)C)C(C)C.[Pd+2]. The second-order valence-electron chi connectivity index (χ2n) is 9.46. The van der Waals surface area contributed by atoms with Crippen molar-refractivity contribution in [2.24, 2.45) is 0 Å². The van der Waals surface area contributed by atoms with Crippen molar-refractivity contribution in [1.82, 2.24) is 0 Å². The maximum absolute atomic E-state index is 14.2. The molecule has 2 aromatic rings. The molecular formula is C26H39F2NO2P2Pd+2. The molecule has 0 radical (unpaired) electrons. The largest absolute Gasteiger partial charge is 2.00 e. The quantitative estimate of drug-likeness (QED) is 0.260. The van der Waals surface area contributed by atoms with Gasteiger partial charge >= 0.3 is 20.4 Å². The van der Waals surface area contributed by atoms with Gasteiger partial charge in [0.05, 0.1) is 33.2 Å². The number of carboxylic acid groups (broad SMARTS) is 1. The van der Waals surface area contributed by atoms with Crippen LogP contribution in [0.25, 0.3) is 5.32 Å². The molecule has 34 heavy (non-hydrogen) atoms. The van der Waals surface area contributed by atoms with E-state index in [2.05, 4.69) is 55.4 Å². The second kappa shape index (κ2) is 15.3. The first kappa shape index (κ1) is 33.1. The van der Waals surface area contributed by atoms with Crippen molar-refractivity contribution >= 4 is 43.8 Å². The molecule has 2 rings (SSSR count). The molecule has 8 heteroatoms. The van der Waals surface area contributed by atoms with E-state index in [1.54, 1.807) is 24.3 Å². The molecule has 192 valence electrons. The molecule has 0 spiro atoms. The van der Waals surface area contributed by atoms with Crippen LogP contribution in [0.5, 0.6) is 0 Å². The van der Waals surface area contributed by atoms with Crippen LogP contribution in [-0.2, 0) is 25.2 Å². The molecule has 0 saturated heterocycles. The van der Waals surface area contributed by atoms with Gasteiger partial charge in [0.15, 0.2) is 0 Å². The summed E-state index contributed by atoms with van der Waals surface area (Å²) in [4.78, 5) is 8.89. The van der Waals surface area contributed by atoms with Crippen molar-refractivity contribution < 1.29 is 39.1 Å². The smallest absolute Gasteiger partial charge is 0.651 e. The Morgan fingerprint density at radius 1 is 0.735 bits per heavy atom. The van der Waals surface area contributed by atoms with Gasteiger partial charge in [0, 0.05) is 33.9 Å². The number of carbonyl (C=O) groups excluding carboxylic acids is 1.